The molecule has 10 heavy (non-hydrogen) atoms. The number of hydrogen-bond acceptors (Lipinski definition) is 2. The molecule has 0 N–H and O–H groups in total. The molecule has 0 bridgehead atoms. The Bertz CT molecular complexity index is 240. The first-order valence-electron chi connectivity index (χ1n) is 3.14. The molecule has 1 aromatic heterocycles. The summed E-state index contributed by atoms with van der Waals surface area (Å²) in [4.78, 5) is 0. The van der Waals surface area contributed by atoms with Gasteiger partial charge in [-0.3, -0.25) is 0 Å². The van der Waals surface area contributed by atoms with Crippen molar-refractivity contribution >= 4 is 14.5 Å². The summed E-state index contributed by atoms with van der Waals surface area (Å²) in [5.74, 6) is 2.02. The van der Waals surface area contributed by atoms with Gasteiger partial charge in [0.1, 0.15) is 0 Å². The van der Waals surface area contributed by atoms with Gasteiger partial charge in [0.25, 0.3) is 0 Å². The zero-order valence-electron chi connectivity index (χ0n) is 5.93. The fourth-order valence-corrected chi connectivity index (χ4v) is 3.11. The maximum atomic E-state index is 5.27. The zero-order valence-corrected chi connectivity index (χ0v) is 7.64. The van der Waals surface area contributed by atoms with Crippen LogP contribution in [0.4, 0.5) is 0 Å². The third-order valence-electron chi connectivity index (χ3n) is 1.56. The molecule has 2 heterocycles. The van der Waals surface area contributed by atoms with Crippen molar-refractivity contribution in [1.82, 2.24) is 0 Å². The molecule has 2 nitrogen and oxygen atoms in total. The molecule has 0 spiro atoms. The SMILES string of the molecule is Cc1[se]c(C)c2c1OCO2. The summed E-state index contributed by atoms with van der Waals surface area (Å²) in [5.41, 5.74) is 0. The van der Waals surface area contributed by atoms with E-state index in [1.54, 1.807) is 0 Å². The molecule has 0 fully saturated rings. The molecule has 0 saturated heterocycles. The van der Waals surface area contributed by atoms with Crippen LogP contribution in [0, 0.1) is 13.8 Å². The second kappa shape index (κ2) is 2.04. The van der Waals surface area contributed by atoms with Crippen molar-refractivity contribution in [2.45, 2.75) is 13.8 Å². The van der Waals surface area contributed by atoms with Crippen molar-refractivity contribution in [3.05, 3.63) is 8.87 Å². The molecule has 0 aliphatic carbocycles. The van der Waals surface area contributed by atoms with Crippen LogP contribution in [0.5, 0.6) is 11.5 Å². The van der Waals surface area contributed by atoms with Crippen molar-refractivity contribution in [1.29, 1.82) is 0 Å². The Labute approximate surface area is 65.5 Å². The minimum absolute atomic E-state index is 0.412. The molecule has 0 atom stereocenters. The standard InChI is InChI=1S/C7H8O2Se/c1-4-6-7(5(2)10-4)9-3-8-6/h3H2,1-2H3. The van der Waals surface area contributed by atoms with Crippen molar-refractivity contribution in [3.8, 4) is 11.5 Å². The second-order valence-corrected chi connectivity index (χ2v) is 5.28. The molecule has 1 aliphatic rings. The summed E-state index contributed by atoms with van der Waals surface area (Å²) < 4.78 is 13.3. The van der Waals surface area contributed by atoms with Gasteiger partial charge >= 0.3 is 65.0 Å². The normalized spacial score (nSPS) is 14.2. The van der Waals surface area contributed by atoms with Crippen molar-refractivity contribution < 1.29 is 9.47 Å². The first-order chi connectivity index (χ1) is 4.79. The van der Waals surface area contributed by atoms with Crippen LogP contribution in [0.1, 0.15) is 8.87 Å². The molecule has 0 radical (unpaired) electrons. The van der Waals surface area contributed by atoms with E-state index in [4.69, 9.17) is 9.47 Å². The molecular weight excluding hydrogens is 195 g/mol. The van der Waals surface area contributed by atoms with E-state index in [2.05, 4.69) is 13.8 Å². The Kier molecular flexibility index (Phi) is 1.29. The van der Waals surface area contributed by atoms with Gasteiger partial charge < -0.3 is 0 Å². The van der Waals surface area contributed by atoms with E-state index in [1.165, 1.54) is 8.87 Å². The van der Waals surface area contributed by atoms with Gasteiger partial charge in [0.15, 0.2) is 0 Å². The summed E-state index contributed by atoms with van der Waals surface area (Å²) in [5, 5.41) is 0. The van der Waals surface area contributed by atoms with Gasteiger partial charge in [-0.05, 0) is 0 Å². The minimum atomic E-state index is 0.412. The Morgan fingerprint density at radius 1 is 1.10 bits per heavy atom. The van der Waals surface area contributed by atoms with Crippen molar-refractivity contribution in [2.75, 3.05) is 6.79 Å². The fourth-order valence-electron chi connectivity index (χ4n) is 1.12. The predicted octanol–water partition coefficient (Wildman–Crippen LogP) is 1.09. The Morgan fingerprint density at radius 3 is 2.10 bits per heavy atom. The Morgan fingerprint density at radius 2 is 1.60 bits per heavy atom. The van der Waals surface area contributed by atoms with Crippen LogP contribution in [0.25, 0.3) is 0 Å². The van der Waals surface area contributed by atoms with Crippen LogP contribution in [-0.2, 0) is 0 Å². The van der Waals surface area contributed by atoms with Gasteiger partial charge in [-0.25, -0.2) is 0 Å². The van der Waals surface area contributed by atoms with Gasteiger partial charge in [-0.15, -0.1) is 0 Å². The van der Waals surface area contributed by atoms with E-state index in [-0.39, 0.29) is 0 Å². The van der Waals surface area contributed by atoms with E-state index in [1.807, 2.05) is 0 Å². The van der Waals surface area contributed by atoms with Gasteiger partial charge in [0.05, 0.1) is 0 Å². The number of ether oxygens (including phenoxy) is 2. The summed E-state index contributed by atoms with van der Waals surface area (Å²) in [6.45, 7) is 4.64. The third-order valence-corrected chi connectivity index (χ3v) is 3.62. The average molecular weight is 203 g/mol. The van der Waals surface area contributed by atoms with Gasteiger partial charge in [-0.1, -0.05) is 0 Å². The number of aryl methyl sites for hydroxylation is 2. The van der Waals surface area contributed by atoms with Gasteiger partial charge in [0, 0.05) is 0 Å². The van der Waals surface area contributed by atoms with E-state index >= 15 is 0 Å². The molecule has 0 saturated carbocycles. The van der Waals surface area contributed by atoms with Crippen molar-refractivity contribution in [3.63, 3.8) is 0 Å². The van der Waals surface area contributed by atoms with Crippen LogP contribution in [0.3, 0.4) is 0 Å². The van der Waals surface area contributed by atoms with Crippen LogP contribution in [0.2, 0.25) is 0 Å². The monoisotopic (exact) mass is 204 g/mol. The first kappa shape index (κ1) is 6.32. The van der Waals surface area contributed by atoms with Gasteiger partial charge in [-0.2, -0.15) is 0 Å². The summed E-state index contributed by atoms with van der Waals surface area (Å²) >= 11 is 0.491. The molecule has 0 unspecified atom stereocenters. The summed E-state index contributed by atoms with van der Waals surface area (Å²) in [7, 11) is 0. The van der Waals surface area contributed by atoms with E-state index in [9.17, 15) is 0 Å². The Balaban J connectivity index is 2.61. The van der Waals surface area contributed by atoms with Crippen molar-refractivity contribution in [2.24, 2.45) is 0 Å². The van der Waals surface area contributed by atoms with Crippen LogP contribution in [0.15, 0.2) is 0 Å². The zero-order chi connectivity index (χ0) is 7.14. The number of fused-ring (bicyclic) bond motifs is 1. The molecule has 1 aromatic rings. The molecule has 3 heteroatoms. The topological polar surface area (TPSA) is 18.5 Å². The van der Waals surface area contributed by atoms with Gasteiger partial charge in [0.2, 0.25) is 0 Å². The maximum absolute atomic E-state index is 5.27. The average Bonchev–Trinajstić information content (AvgIpc) is 2.39. The predicted molar refractivity (Wildman–Crippen MR) is 39.0 cm³/mol. The second-order valence-electron chi connectivity index (χ2n) is 2.28. The Hall–Kier alpha value is -0.401. The van der Waals surface area contributed by atoms with E-state index < -0.39 is 0 Å². The molecule has 2 rings (SSSR count). The molecule has 54 valence electrons. The van der Waals surface area contributed by atoms with Crippen LogP contribution >= 0.6 is 0 Å². The van der Waals surface area contributed by atoms with E-state index in [0.717, 1.165) is 11.5 Å². The molecule has 0 aromatic carbocycles. The van der Waals surface area contributed by atoms with Crippen LogP contribution < -0.4 is 9.47 Å². The molecular formula is C7H8O2Se. The fraction of sp³-hybridized carbons (Fsp3) is 0.429. The number of hydrogen-bond donors (Lipinski definition) is 0. The quantitative estimate of drug-likeness (QED) is 0.587. The third kappa shape index (κ3) is 0.709. The van der Waals surface area contributed by atoms with Crippen LogP contribution in [-0.4, -0.2) is 21.3 Å². The van der Waals surface area contributed by atoms with E-state index in [0.29, 0.717) is 21.3 Å². The molecule has 1 aliphatic heterocycles. The number of rotatable bonds is 0. The molecule has 0 amide bonds. The first-order valence-corrected chi connectivity index (χ1v) is 4.86. The summed E-state index contributed by atoms with van der Waals surface area (Å²) in [6, 6.07) is 0. The summed E-state index contributed by atoms with van der Waals surface area (Å²) in [6.07, 6.45) is 0.